The molecule has 0 bridgehead atoms. The van der Waals surface area contributed by atoms with Crippen LogP contribution in [0.3, 0.4) is 0 Å². The zero-order valence-electron chi connectivity index (χ0n) is 9.05. The number of carbonyl (C=O) groups excluding carboxylic acids is 2. The van der Waals surface area contributed by atoms with Crippen molar-refractivity contribution in [2.45, 2.75) is 58.3 Å². The van der Waals surface area contributed by atoms with Crippen molar-refractivity contribution < 1.29 is 9.59 Å². The Morgan fingerprint density at radius 2 is 1.71 bits per heavy atom. The summed E-state index contributed by atoms with van der Waals surface area (Å²) >= 11 is 0. The number of hydrogen-bond acceptors (Lipinski definition) is 2. The van der Waals surface area contributed by atoms with E-state index in [0.717, 1.165) is 25.7 Å². The highest BCUT2D eigenvalue weighted by atomic mass is 16.2. The van der Waals surface area contributed by atoms with Crippen LogP contribution in [0, 0.1) is 5.92 Å². The van der Waals surface area contributed by atoms with E-state index < -0.39 is 0 Å². The first-order chi connectivity index (χ1) is 6.75. The molecule has 0 saturated heterocycles. The Balaban J connectivity index is 2.26. The molecule has 80 valence electrons. The maximum Gasteiger partial charge on any atom is 0.143 e. The van der Waals surface area contributed by atoms with Crippen molar-refractivity contribution in [2.24, 2.45) is 5.92 Å². The molecule has 0 N–H and O–H groups in total. The number of unbranched alkanes of at least 4 members (excludes halogenated alkanes) is 3. The highest BCUT2D eigenvalue weighted by Gasteiger charge is 2.28. The van der Waals surface area contributed by atoms with Gasteiger partial charge in [0.25, 0.3) is 0 Å². The van der Waals surface area contributed by atoms with Crippen LogP contribution >= 0.6 is 0 Å². The van der Waals surface area contributed by atoms with Crippen LogP contribution in [0.4, 0.5) is 0 Å². The van der Waals surface area contributed by atoms with E-state index in [9.17, 15) is 9.59 Å². The number of rotatable bonds is 5. The number of ketones is 2. The molecule has 1 saturated carbocycles. The second-order valence-corrected chi connectivity index (χ2v) is 4.19. The van der Waals surface area contributed by atoms with Crippen LogP contribution in [0.25, 0.3) is 0 Å². The molecule has 1 rings (SSSR count). The zero-order chi connectivity index (χ0) is 10.4. The lowest BCUT2D eigenvalue weighted by molar-refractivity contribution is -0.135. The fourth-order valence-electron chi connectivity index (χ4n) is 2.06. The lowest BCUT2D eigenvalue weighted by Crippen LogP contribution is -2.28. The van der Waals surface area contributed by atoms with Gasteiger partial charge in [-0.05, 0) is 12.8 Å². The van der Waals surface area contributed by atoms with Gasteiger partial charge in [-0.3, -0.25) is 9.59 Å². The smallest absolute Gasteiger partial charge is 0.143 e. The second kappa shape index (κ2) is 5.94. The van der Waals surface area contributed by atoms with Crippen LogP contribution in [0.2, 0.25) is 0 Å². The third kappa shape index (κ3) is 3.24. The Labute approximate surface area is 86.1 Å². The Morgan fingerprint density at radius 3 is 2.29 bits per heavy atom. The first-order valence-electron chi connectivity index (χ1n) is 5.81. The molecule has 14 heavy (non-hydrogen) atoms. The maximum atomic E-state index is 11.4. The van der Waals surface area contributed by atoms with Crippen molar-refractivity contribution in [3.8, 4) is 0 Å². The maximum absolute atomic E-state index is 11.4. The summed E-state index contributed by atoms with van der Waals surface area (Å²) in [6.07, 6.45) is 7.46. The minimum atomic E-state index is -0.236. The molecule has 2 heteroatoms. The highest BCUT2D eigenvalue weighted by molar-refractivity contribution is 6.04. The zero-order valence-corrected chi connectivity index (χ0v) is 9.05. The van der Waals surface area contributed by atoms with Crippen LogP contribution in [0.15, 0.2) is 0 Å². The molecule has 1 aliphatic carbocycles. The summed E-state index contributed by atoms with van der Waals surface area (Å²) in [5.41, 5.74) is 0. The summed E-state index contributed by atoms with van der Waals surface area (Å²) in [5.74, 6) is 0.149. The van der Waals surface area contributed by atoms with Crippen LogP contribution in [-0.4, -0.2) is 11.6 Å². The van der Waals surface area contributed by atoms with Crippen molar-refractivity contribution in [3.05, 3.63) is 0 Å². The monoisotopic (exact) mass is 196 g/mol. The molecule has 2 nitrogen and oxygen atoms in total. The standard InChI is InChI=1S/C12H20O2/c1-2-3-4-5-7-10-11(13)8-6-9-12(10)14/h10H,2-9H2,1H3. The summed E-state index contributed by atoms with van der Waals surface area (Å²) in [6, 6.07) is 0. The van der Waals surface area contributed by atoms with Gasteiger partial charge in [-0.15, -0.1) is 0 Å². The van der Waals surface area contributed by atoms with Gasteiger partial charge >= 0.3 is 0 Å². The normalized spacial score (nSPS) is 18.9. The molecule has 0 unspecified atom stereocenters. The number of carbonyl (C=O) groups is 2. The van der Waals surface area contributed by atoms with Gasteiger partial charge < -0.3 is 0 Å². The molecule has 0 aliphatic heterocycles. The Morgan fingerprint density at radius 1 is 1.07 bits per heavy atom. The van der Waals surface area contributed by atoms with Gasteiger partial charge in [-0.2, -0.15) is 0 Å². The average Bonchev–Trinajstić information content (AvgIpc) is 2.16. The molecule has 0 atom stereocenters. The van der Waals surface area contributed by atoms with Gasteiger partial charge in [0.1, 0.15) is 11.6 Å². The van der Waals surface area contributed by atoms with Crippen LogP contribution in [0.1, 0.15) is 58.3 Å². The van der Waals surface area contributed by atoms with E-state index in [2.05, 4.69) is 6.92 Å². The minimum Gasteiger partial charge on any atom is -0.299 e. The Kier molecular flexibility index (Phi) is 4.85. The predicted molar refractivity (Wildman–Crippen MR) is 56.1 cm³/mol. The van der Waals surface area contributed by atoms with Gasteiger partial charge in [0.15, 0.2) is 0 Å². The van der Waals surface area contributed by atoms with Gasteiger partial charge in [0.05, 0.1) is 5.92 Å². The summed E-state index contributed by atoms with van der Waals surface area (Å²) in [4.78, 5) is 22.9. The molecule has 0 heterocycles. The molecular weight excluding hydrogens is 176 g/mol. The van der Waals surface area contributed by atoms with E-state index in [4.69, 9.17) is 0 Å². The van der Waals surface area contributed by atoms with Crippen molar-refractivity contribution in [1.82, 2.24) is 0 Å². The fourth-order valence-corrected chi connectivity index (χ4v) is 2.06. The molecule has 0 amide bonds. The van der Waals surface area contributed by atoms with Gasteiger partial charge in [-0.25, -0.2) is 0 Å². The van der Waals surface area contributed by atoms with Crippen molar-refractivity contribution in [3.63, 3.8) is 0 Å². The van der Waals surface area contributed by atoms with Crippen LogP contribution in [-0.2, 0) is 9.59 Å². The topological polar surface area (TPSA) is 34.1 Å². The third-order valence-corrected chi connectivity index (χ3v) is 2.97. The molecule has 0 aromatic rings. The third-order valence-electron chi connectivity index (χ3n) is 2.97. The lowest BCUT2D eigenvalue weighted by atomic mass is 9.83. The Hall–Kier alpha value is -0.660. The molecule has 0 aromatic carbocycles. The quantitative estimate of drug-likeness (QED) is 0.500. The summed E-state index contributed by atoms with van der Waals surface area (Å²) < 4.78 is 0. The summed E-state index contributed by atoms with van der Waals surface area (Å²) in [7, 11) is 0. The first kappa shape index (κ1) is 11.4. The molecule has 1 aliphatic rings. The van der Waals surface area contributed by atoms with E-state index in [1.807, 2.05) is 0 Å². The fraction of sp³-hybridized carbons (Fsp3) is 0.833. The SMILES string of the molecule is CCCCCCC1C(=O)CCCC1=O. The molecule has 0 aromatic heterocycles. The van der Waals surface area contributed by atoms with Crippen LogP contribution in [0.5, 0.6) is 0 Å². The van der Waals surface area contributed by atoms with E-state index >= 15 is 0 Å². The second-order valence-electron chi connectivity index (χ2n) is 4.19. The van der Waals surface area contributed by atoms with Crippen molar-refractivity contribution in [2.75, 3.05) is 0 Å². The highest BCUT2D eigenvalue weighted by Crippen LogP contribution is 2.22. The average molecular weight is 196 g/mol. The van der Waals surface area contributed by atoms with E-state index in [0.29, 0.717) is 12.8 Å². The molecule has 1 fully saturated rings. The lowest BCUT2D eigenvalue weighted by Gasteiger charge is -2.18. The van der Waals surface area contributed by atoms with Gasteiger partial charge in [0.2, 0.25) is 0 Å². The molecule has 0 radical (unpaired) electrons. The largest absolute Gasteiger partial charge is 0.299 e. The predicted octanol–water partition coefficient (Wildman–Crippen LogP) is 2.90. The van der Waals surface area contributed by atoms with Gasteiger partial charge in [-0.1, -0.05) is 32.6 Å². The Bertz CT molecular complexity index is 192. The first-order valence-corrected chi connectivity index (χ1v) is 5.81. The van der Waals surface area contributed by atoms with E-state index in [1.165, 1.54) is 12.8 Å². The van der Waals surface area contributed by atoms with Crippen LogP contribution < -0.4 is 0 Å². The number of Topliss-reactive ketones (excluding diaryl/α,β-unsaturated/α-hetero) is 2. The molecule has 0 spiro atoms. The van der Waals surface area contributed by atoms with E-state index in [-0.39, 0.29) is 17.5 Å². The number of hydrogen-bond donors (Lipinski definition) is 0. The van der Waals surface area contributed by atoms with Gasteiger partial charge in [0, 0.05) is 12.8 Å². The molecular formula is C12H20O2. The summed E-state index contributed by atoms with van der Waals surface area (Å²) in [6.45, 7) is 2.16. The van der Waals surface area contributed by atoms with E-state index in [1.54, 1.807) is 0 Å². The summed E-state index contributed by atoms with van der Waals surface area (Å²) in [5, 5.41) is 0. The minimum absolute atomic E-state index is 0.192. The van der Waals surface area contributed by atoms with Crippen molar-refractivity contribution >= 4 is 11.6 Å². The van der Waals surface area contributed by atoms with Crippen molar-refractivity contribution in [1.29, 1.82) is 0 Å².